The van der Waals surface area contributed by atoms with Gasteiger partial charge in [0.05, 0.1) is 0 Å². The second kappa shape index (κ2) is 8.29. The van der Waals surface area contributed by atoms with Gasteiger partial charge in [0.2, 0.25) is 0 Å². The summed E-state index contributed by atoms with van der Waals surface area (Å²) < 4.78 is 0. The Labute approximate surface area is 194 Å². The molecule has 1 heteroatoms. The number of anilines is 2. The lowest BCUT2D eigenvalue weighted by atomic mass is 9.92. The average molecular weight is 422 g/mol. The van der Waals surface area contributed by atoms with Crippen molar-refractivity contribution in [3.8, 4) is 22.3 Å². The van der Waals surface area contributed by atoms with E-state index in [9.17, 15) is 0 Å². The molecule has 156 valence electrons. The molecule has 0 atom stereocenters. The molecule has 0 unspecified atom stereocenters. The Hall–Kier alpha value is -4.36. The first-order valence-electron chi connectivity index (χ1n) is 11.3. The largest absolute Gasteiger partial charge is 0.355 e. The zero-order valence-electron chi connectivity index (χ0n) is 18.2. The SMILES string of the molecule is c1ccc(Nc2cc(-c3cccc4ccccc34)cc(-c3cccc4ccccc34)c2)cc1. The molecule has 0 saturated heterocycles. The van der Waals surface area contributed by atoms with Crippen molar-refractivity contribution in [3.63, 3.8) is 0 Å². The molecule has 6 aromatic carbocycles. The van der Waals surface area contributed by atoms with Gasteiger partial charge in [0.15, 0.2) is 0 Å². The van der Waals surface area contributed by atoms with Crippen LogP contribution < -0.4 is 5.32 Å². The summed E-state index contributed by atoms with van der Waals surface area (Å²) in [6, 6.07) is 47.5. The minimum Gasteiger partial charge on any atom is -0.355 e. The minimum absolute atomic E-state index is 1.08. The molecule has 1 nitrogen and oxygen atoms in total. The number of benzene rings is 6. The fraction of sp³-hybridized carbons (Fsp3) is 0. The van der Waals surface area contributed by atoms with E-state index in [4.69, 9.17) is 0 Å². The molecule has 33 heavy (non-hydrogen) atoms. The molecule has 0 saturated carbocycles. The maximum Gasteiger partial charge on any atom is 0.0396 e. The van der Waals surface area contributed by atoms with Gasteiger partial charge in [-0.1, -0.05) is 103 Å². The van der Waals surface area contributed by atoms with Gasteiger partial charge in [-0.15, -0.1) is 0 Å². The van der Waals surface area contributed by atoms with Crippen LogP contribution >= 0.6 is 0 Å². The highest BCUT2D eigenvalue weighted by Crippen LogP contribution is 2.37. The highest BCUT2D eigenvalue weighted by molar-refractivity contribution is 6.01. The first kappa shape index (κ1) is 19.3. The molecule has 0 aliphatic carbocycles. The Morgan fingerprint density at radius 2 is 0.848 bits per heavy atom. The van der Waals surface area contributed by atoms with Crippen LogP contribution in [0.4, 0.5) is 11.4 Å². The Morgan fingerprint density at radius 1 is 0.364 bits per heavy atom. The number of nitrogens with one attached hydrogen (secondary N) is 1. The van der Waals surface area contributed by atoms with E-state index < -0.39 is 0 Å². The van der Waals surface area contributed by atoms with Crippen molar-refractivity contribution in [2.75, 3.05) is 5.32 Å². The van der Waals surface area contributed by atoms with E-state index in [-0.39, 0.29) is 0 Å². The molecule has 0 aliphatic heterocycles. The second-order valence-electron chi connectivity index (χ2n) is 8.34. The van der Waals surface area contributed by atoms with Crippen LogP contribution in [0.2, 0.25) is 0 Å². The summed E-state index contributed by atoms with van der Waals surface area (Å²) in [5.74, 6) is 0. The topological polar surface area (TPSA) is 12.0 Å². The summed E-state index contributed by atoms with van der Waals surface area (Å²) in [5.41, 5.74) is 7.05. The fourth-order valence-electron chi connectivity index (χ4n) is 4.65. The predicted octanol–water partition coefficient (Wildman–Crippen LogP) is 9.07. The Balaban J connectivity index is 1.59. The average Bonchev–Trinajstić information content (AvgIpc) is 2.88. The van der Waals surface area contributed by atoms with E-state index in [1.807, 2.05) is 6.07 Å². The Bertz CT molecular complexity index is 1470. The fourth-order valence-corrected chi connectivity index (χ4v) is 4.65. The van der Waals surface area contributed by atoms with Crippen molar-refractivity contribution in [1.29, 1.82) is 0 Å². The highest BCUT2D eigenvalue weighted by atomic mass is 14.9. The van der Waals surface area contributed by atoms with Crippen molar-refractivity contribution < 1.29 is 0 Å². The number of fused-ring (bicyclic) bond motifs is 2. The van der Waals surface area contributed by atoms with Crippen LogP contribution in [-0.4, -0.2) is 0 Å². The van der Waals surface area contributed by atoms with Gasteiger partial charge in [-0.2, -0.15) is 0 Å². The monoisotopic (exact) mass is 421 g/mol. The van der Waals surface area contributed by atoms with Crippen LogP contribution in [0.3, 0.4) is 0 Å². The zero-order valence-corrected chi connectivity index (χ0v) is 18.2. The standard InChI is InChI=1S/C32H23N/c1-2-14-27(15-3-1)33-28-21-25(31-18-8-12-23-10-4-6-16-29(23)31)20-26(22-28)32-19-9-13-24-11-5-7-17-30(24)32/h1-22,33H. The summed E-state index contributed by atoms with van der Waals surface area (Å²) in [7, 11) is 0. The van der Waals surface area contributed by atoms with Gasteiger partial charge < -0.3 is 5.32 Å². The molecule has 0 heterocycles. The first-order chi connectivity index (χ1) is 16.3. The lowest BCUT2D eigenvalue weighted by Gasteiger charge is -2.15. The van der Waals surface area contributed by atoms with Crippen molar-refractivity contribution in [2.45, 2.75) is 0 Å². The number of rotatable bonds is 4. The number of hydrogen-bond donors (Lipinski definition) is 1. The summed E-state index contributed by atoms with van der Waals surface area (Å²) in [6.45, 7) is 0. The smallest absolute Gasteiger partial charge is 0.0396 e. The summed E-state index contributed by atoms with van der Waals surface area (Å²) in [5, 5.41) is 8.66. The molecule has 0 aromatic heterocycles. The minimum atomic E-state index is 1.08. The first-order valence-corrected chi connectivity index (χ1v) is 11.3. The molecule has 0 aliphatic rings. The van der Waals surface area contributed by atoms with Crippen molar-refractivity contribution in [2.24, 2.45) is 0 Å². The van der Waals surface area contributed by atoms with Gasteiger partial charge in [-0.25, -0.2) is 0 Å². The molecule has 0 fully saturated rings. The summed E-state index contributed by atoms with van der Waals surface area (Å²) in [6.07, 6.45) is 0. The van der Waals surface area contributed by atoms with Crippen LogP contribution in [0.15, 0.2) is 133 Å². The zero-order chi connectivity index (χ0) is 22.0. The normalized spacial score (nSPS) is 11.0. The van der Waals surface area contributed by atoms with E-state index >= 15 is 0 Å². The number of hydrogen-bond acceptors (Lipinski definition) is 1. The molecule has 0 spiro atoms. The van der Waals surface area contributed by atoms with E-state index in [1.54, 1.807) is 0 Å². The number of para-hydroxylation sites is 1. The lowest BCUT2D eigenvalue weighted by Crippen LogP contribution is -1.93. The van der Waals surface area contributed by atoms with Gasteiger partial charge in [-0.3, -0.25) is 0 Å². The highest BCUT2D eigenvalue weighted by Gasteiger charge is 2.10. The van der Waals surface area contributed by atoms with Crippen molar-refractivity contribution in [3.05, 3.63) is 133 Å². The van der Waals surface area contributed by atoms with Crippen molar-refractivity contribution in [1.82, 2.24) is 0 Å². The third-order valence-corrected chi connectivity index (χ3v) is 6.20. The van der Waals surface area contributed by atoms with Crippen LogP contribution in [0.1, 0.15) is 0 Å². The lowest BCUT2D eigenvalue weighted by molar-refractivity contribution is 1.54. The maximum atomic E-state index is 3.62. The van der Waals surface area contributed by atoms with Crippen molar-refractivity contribution >= 4 is 32.9 Å². The van der Waals surface area contributed by atoms with Gasteiger partial charge in [0.25, 0.3) is 0 Å². The van der Waals surface area contributed by atoms with Crippen LogP contribution in [-0.2, 0) is 0 Å². The maximum absolute atomic E-state index is 3.62. The van der Waals surface area contributed by atoms with E-state index in [1.165, 1.54) is 43.8 Å². The van der Waals surface area contributed by atoms with E-state index in [0.717, 1.165) is 11.4 Å². The second-order valence-corrected chi connectivity index (χ2v) is 8.34. The molecule has 1 N–H and O–H groups in total. The molecule has 0 amide bonds. The van der Waals surface area contributed by atoms with E-state index in [2.05, 4.69) is 133 Å². The van der Waals surface area contributed by atoms with Crippen LogP contribution in [0.25, 0.3) is 43.8 Å². The molecule has 6 rings (SSSR count). The summed E-state index contributed by atoms with van der Waals surface area (Å²) >= 11 is 0. The van der Waals surface area contributed by atoms with Crippen LogP contribution in [0, 0.1) is 0 Å². The predicted molar refractivity (Wildman–Crippen MR) is 142 cm³/mol. The molecular weight excluding hydrogens is 398 g/mol. The van der Waals surface area contributed by atoms with Gasteiger partial charge in [0.1, 0.15) is 0 Å². The van der Waals surface area contributed by atoms with E-state index in [0.29, 0.717) is 0 Å². The van der Waals surface area contributed by atoms with Crippen LogP contribution in [0.5, 0.6) is 0 Å². The molecule has 6 aromatic rings. The molecular formula is C32H23N. The molecule has 0 bridgehead atoms. The summed E-state index contributed by atoms with van der Waals surface area (Å²) in [4.78, 5) is 0. The quantitative estimate of drug-likeness (QED) is 0.299. The Morgan fingerprint density at radius 3 is 1.42 bits per heavy atom. The third kappa shape index (κ3) is 3.75. The van der Waals surface area contributed by atoms with Gasteiger partial charge in [0, 0.05) is 11.4 Å². The Kier molecular flexibility index (Phi) is 4.86. The van der Waals surface area contributed by atoms with Gasteiger partial charge in [-0.05, 0) is 74.1 Å². The molecule has 0 radical (unpaired) electrons. The van der Waals surface area contributed by atoms with Gasteiger partial charge >= 0.3 is 0 Å². The third-order valence-electron chi connectivity index (χ3n) is 6.20.